The smallest absolute Gasteiger partial charge is 0.306 e. The van der Waals surface area contributed by atoms with Crippen LogP contribution in [0.5, 0.6) is 0 Å². The first-order valence-corrected chi connectivity index (χ1v) is 5.92. The Morgan fingerprint density at radius 3 is 2.80 bits per heavy atom. The van der Waals surface area contributed by atoms with E-state index in [4.69, 9.17) is 4.74 Å². The Morgan fingerprint density at radius 2 is 2.27 bits per heavy atom. The lowest BCUT2D eigenvalue weighted by atomic mass is 10.3. The number of hydrogen-bond acceptors (Lipinski definition) is 4. The minimum Gasteiger partial charge on any atom is -0.383 e. The third-order valence-electron chi connectivity index (χ3n) is 1.90. The molecule has 0 aliphatic carbocycles. The van der Waals surface area contributed by atoms with Gasteiger partial charge in [0.2, 0.25) is 0 Å². The number of rotatable bonds is 5. The molecule has 1 aromatic heterocycles. The van der Waals surface area contributed by atoms with Crippen LogP contribution in [0.25, 0.3) is 0 Å². The van der Waals surface area contributed by atoms with Crippen LogP contribution in [-0.4, -0.2) is 31.9 Å². The average Bonchev–Trinajstić information content (AvgIpc) is 2.41. The Labute approximate surface area is 88.1 Å². The summed E-state index contributed by atoms with van der Waals surface area (Å²) in [5.41, 5.74) is 0.904. The number of nitrogens with zero attached hydrogens (tertiary/aromatic N) is 2. The van der Waals surface area contributed by atoms with E-state index in [9.17, 15) is 12.3 Å². The first-order chi connectivity index (χ1) is 6.92. The molecule has 1 rings (SSSR count). The number of ether oxygens (including phenoxy) is 1. The van der Waals surface area contributed by atoms with Gasteiger partial charge >= 0.3 is 10.2 Å². The van der Waals surface area contributed by atoms with Crippen LogP contribution in [0.3, 0.4) is 0 Å². The van der Waals surface area contributed by atoms with Gasteiger partial charge in [0, 0.05) is 18.9 Å². The van der Waals surface area contributed by atoms with E-state index in [1.807, 2.05) is 0 Å². The van der Waals surface area contributed by atoms with E-state index < -0.39 is 16.0 Å². The molecule has 0 atom stereocenters. The van der Waals surface area contributed by atoms with Gasteiger partial charge in [-0.15, -0.1) is 3.89 Å². The SMILES string of the molecule is COCCn1cc(CS(=O)(=O)F)c(C)n1. The van der Waals surface area contributed by atoms with Crippen LogP contribution in [0.15, 0.2) is 6.20 Å². The van der Waals surface area contributed by atoms with Gasteiger partial charge in [0.15, 0.2) is 0 Å². The molecule has 0 radical (unpaired) electrons. The van der Waals surface area contributed by atoms with Crippen molar-refractivity contribution in [3.8, 4) is 0 Å². The molecular formula is C8H13FN2O3S. The highest BCUT2D eigenvalue weighted by Crippen LogP contribution is 2.11. The number of aryl methyl sites for hydroxylation is 1. The molecular weight excluding hydrogens is 223 g/mol. The van der Waals surface area contributed by atoms with Crippen molar-refractivity contribution in [2.45, 2.75) is 19.2 Å². The molecule has 0 fully saturated rings. The minimum atomic E-state index is -4.49. The van der Waals surface area contributed by atoms with Crippen molar-refractivity contribution in [2.75, 3.05) is 13.7 Å². The van der Waals surface area contributed by atoms with Gasteiger partial charge < -0.3 is 4.74 Å². The minimum absolute atomic E-state index is 0.383. The van der Waals surface area contributed by atoms with Crippen molar-refractivity contribution in [3.63, 3.8) is 0 Å². The molecule has 7 heteroatoms. The molecule has 15 heavy (non-hydrogen) atoms. The van der Waals surface area contributed by atoms with E-state index >= 15 is 0 Å². The third-order valence-corrected chi connectivity index (χ3v) is 2.56. The normalized spacial score (nSPS) is 11.9. The fraction of sp³-hybridized carbons (Fsp3) is 0.625. The van der Waals surface area contributed by atoms with Crippen molar-refractivity contribution >= 4 is 10.2 Å². The van der Waals surface area contributed by atoms with Crippen LogP contribution in [0, 0.1) is 6.92 Å². The molecule has 0 aliphatic heterocycles. The van der Waals surface area contributed by atoms with Crippen LogP contribution in [0.2, 0.25) is 0 Å². The Morgan fingerprint density at radius 1 is 1.60 bits per heavy atom. The van der Waals surface area contributed by atoms with Gasteiger partial charge in [-0.25, -0.2) is 0 Å². The van der Waals surface area contributed by atoms with Crippen molar-refractivity contribution in [3.05, 3.63) is 17.5 Å². The van der Waals surface area contributed by atoms with Gasteiger partial charge in [-0.05, 0) is 6.92 Å². The number of halogens is 1. The molecule has 0 saturated heterocycles. The fourth-order valence-electron chi connectivity index (χ4n) is 1.19. The summed E-state index contributed by atoms with van der Waals surface area (Å²) in [6.45, 7) is 2.64. The monoisotopic (exact) mass is 236 g/mol. The standard InChI is InChI=1S/C8H13FN2O3S/c1-7-8(6-15(9,12)13)5-11(10-7)3-4-14-2/h5H,3-4,6H2,1-2H3. The molecule has 1 heterocycles. The molecule has 0 amide bonds. The zero-order valence-corrected chi connectivity index (χ0v) is 9.42. The second-order valence-corrected chi connectivity index (χ2v) is 4.55. The summed E-state index contributed by atoms with van der Waals surface area (Å²) < 4.78 is 39.7. The van der Waals surface area contributed by atoms with Crippen molar-refractivity contribution in [1.29, 1.82) is 0 Å². The van der Waals surface area contributed by atoms with E-state index in [2.05, 4.69) is 5.10 Å². The van der Waals surface area contributed by atoms with Crippen LogP contribution in [0.4, 0.5) is 3.89 Å². The van der Waals surface area contributed by atoms with E-state index in [1.165, 1.54) is 6.20 Å². The van der Waals surface area contributed by atoms with Crippen LogP contribution in [0.1, 0.15) is 11.3 Å². The zero-order valence-electron chi connectivity index (χ0n) is 8.60. The summed E-state index contributed by atoms with van der Waals surface area (Å²) in [4.78, 5) is 0. The van der Waals surface area contributed by atoms with Gasteiger partial charge in [0.05, 0.1) is 18.8 Å². The molecule has 0 N–H and O–H groups in total. The van der Waals surface area contributed by atoms with E-state index in [0.29, 0.717) is 24.4 Å². The van der Waals surface area contributed by atoms with Gasteiger partial charge in [-0.1, -0.05) is 0 Å². The first-order valence-electron chi connectivity index (χ1n) is 4.36. The lowest BCUT2D eigenvalue weighted by Crippen LogP contribution is -2.04. The summed E-state index contributed by atoms with van der Waals surface area (Å²) in [5, 5.41) is 4.04. The van der Waals surface area contributed by atoms with Gasteiger partial charge in [-0.2, -0.15) is 13.5 Å². The molecule has 5 nitrogen and oxygen atoms in total. The Balaban J connectivity index is 2.77. The summed E-state index contributed by atoms with van der Waals surface area (Å²) >= 11 is 0. The fourth-order valence-corrected chi connectivity index (χ4v) is 1.84. The van der Waals surface area contributed by atoms with Crippen molar-refractivity contribution in [2.24, 2.45) is 0 Å². The number of aromatic nitrogens is 2. The molecule has 0 bridgehead atoms. The predicted molar refractivity (Wildman–Crippen MR) is 52.6 cm³/mol. The summed E-state index contributed by atoms with van der Waals surface area (Å²) in [6, 6.07) is 0. The molecule has 0 spiro atoms. The topological polar surface area (TPSA) is 61.2 Å². The maximum atomic E-state index is 12.4. The van der Waals surface area contributed by atoms with Gasteiger partial charge in [0.25, 0.3) is 0 Å². The lowest BCUT2D eigenvalue weighted by molar-refractivity contribution is 0.183. The molecule has 0 saturated carbocycles. The summed E-state index contributed by atoms with van der Waals surface area (Å²) in [5.74, 6) is -0.619. The maximum absolute atomic E-state index is 12.4. The Bertz CT molecular complexity index is 427. The third kappa shape index (κ3) is 3.96. The van der Waals surface area contributed by atoms with E-state index in [1.54, 1.807) is 18.7 Å². The maximum Gasteiger partial charge on any atom is 0.306 e. The first kappa shape index (κ1) is 12.1. The van der Waals surface area contributed by atoms with E-state index in [-0.39, 0.29) is 0 Å². The van der Waals surface area contributed by atoms with E-state index in [0.717, 1.165) is 0 Å². The molecule has 0 unspecified atom stereocenters. The Hall–Kier alpha value is -0.950. The highest BCUT2D eigenvalue weighted by molar-refractivity contribution is 7.85. The largest absolute Gasteiger partial charge is 0.383 e. The second kappa shape index (κ2) is 4.71. The molecule has 0 aromatic carbocycles. The van der Waals surface area contributed by atoms with Crippen molar-refractivity contribution in [1.82, 2.24) is 9.78 Å². The zero-order chi connectivity index (χ0) is 11.5. The van der Waals surface area contributed by atoms with Gasteiger partial charge in [-0.3, -0.25) is 4.68 Å². The van der Waals surface area contributed by atoms with Crippen LogP contribution < -0.4 is 0 Å². The highest BCUT2D eigenvalue weighted by atomic mass is 32.3. The predicted octanol–water partition coefficient (Wildman–Crippen LogP) is 0.637. The van der Waals surface area contributed by atoms with Crippen LogP contribution in [-0.2, 0) is 27.3 Å². The lowest BCUT2D eigenvalue weighted by Gasteiger charge is -1.97. The number of hydrogen-bond donors (Lipinski definition) is 0. The summed E-state index contributed by atoms with van der Waals surface area (Å²) in [7, 11) is -2.93. The van der Waals surface area contributed by atoms with Crippen molar-refractivity contribution < 1.29 is 17.0 Å². The molecule has 86 valence electrons. The average molecular weight is 236 g/mol. The van der Waals surface area contributed by atoms with Crippen LogP contribution >= 0.6 is 0 Å². The quantitative estimate of drug-likeness (QED) is 0.704. The summed E-state index contributed by atoms with van der Waals surface area (Å²) in [6.07, 6.45) is 1.52. The van der Waals surface area contributed by atoms with Gasteiger partial charge in [0.1, 0.15) is 5.75 Å². The molecule has 1 aromatic rings. The highest BCUT2D eigenvalue weighted by Gasteiger charge is 2.13. The Kier molecular flexibility index (Phi) is 3.81. The number of methoxy groups -OCH3 is 1. The second-order valence-electron chi connectivity index (χ2n) is 3.18. The molecule has 0 aliphatic rings.